The smallest absolute Gasteiger partial charge is 0.146 e. The maximum Gasteiger partial charge on any atom is 0.146 e. The molecule has 0 fully saturated rings. The Kier molecular flexibility index (Phi) is 4.15. The van der Waals surface area contributed by atoms with Crippen molar-refractivity contribution in [1.29, 1.82) is 0 Å². The van der Waals surface area contributed by atoms with Crippen LogP contribution in [0.2, 0.25) is 0 Å². The highest BCUT2D eigenvalue weighted by Gasteiger charge is 2.24. The molecular formula is C14H9BrF4O. The molecule has 0 radical (unpaired) electrons. The van der Waals surface area contributed by atoms with E-state index in [1.807, 2.05) is 0 Å². The van der Waals surface area contributed by atoms with Gasteiger partial charge in [0.2, 0.25) is 0 Å². The van der Waals surface area contributed by atoms with E-state index in [2.05, 4.69) is 15.9 Å². The van der Waals surface area contributed by atoms with Crippen molar-refractivity contribution in [2.45, 2.75) is 13.0 Å². The van der Waals surface area contributed by atoms with Gasteiger partial charge in [-0.3, -0.25) is 0 Å². The van der Waals surface area contributed by atoms with Crippen LogP contribution in [-0.2, 0) is 0 Å². The van der Waals surface area contributed by atoms with Crippen molar-refractivity contribution in [3.05, 3.63) is 68.7 Å². The number of aliphatic hydroxyl groups is 1. The van der Waals surface area contributed by atoms with Crippen molar-refractivity contribution in [3.8, 4) is 0 Å². The minimum absolute atomic E-state index is 0.0628. The minimum Gasteiger partial charge on any atom is -0.383 e. The second-order valence-electron chi connectivity index (χ2n) is 4.28. The maximum absolute atomic E-state index is 13.9. The average Bonchev–Trinajstić information content (AvgIpc) is 2.38. The minimum atomic E-state index is -1.87. The Labute approximate surface area is 121 Å². The van der Waals surface area contributed by atoms with Crippen molar-refractivity contribution < 1.29 is 22.7 Å². The van der Waals surface area contributed by atoms with Crippen molar-refractivity contribution in [2.24, 2.45) is 0 Å². The normalized spacial score (nSPS) is 12.6. The molecule has 1 N–H and O–H groups in total. The zero-order valence-corrected chi connectivity index (χ0v) is 11.8. The summed E-state index contributed by atoms with van der Waals surface area (Å²) >= 11 is 2.86. The molecule has 0 saturated carbocycles. The van der Waals surface area contributed by atoms with Crippen LogP contribution in [-0.4, -0.2) is 5.11 Å². The Morgan fingerprint density at radius 2 is 1.65 bits per heavy atom. The highest BCUT2D eigenvalue weighted by molar-refractivity contribution is 9.10. The molecular weight excluding hydrogens is 340 g/mol. The summed E-state index contributed by atoms with van der Waals surface area (Å²) in [5.74, 6) is -3.91. The predicted molar refractivity (Wildman–Crippen MR) is 69.2 cm³/mol. The van der Waals surface area contributed by atoms with Crippen LogP contribution in [0.1, 0.15) is 22.8 Å². The van der Waals surface area contributed by atoms with Crippen LogP contribution in [0.3, 0.4) is 0 Å². The number of halogens is 5. The maximum atomic E-state index is 13.9. The van der Waals surface area contributed by atoms with Gasteiger partial charge in [-0.2, -0.15) is 0 Å². The zero-order chi connectivity index (χ0) is 15.0. The number of aryl methyl sites for hydroxylation is 1. The molecule has 0 aliphatic rings. The third-order valence-electron chi connectivity index (χ3n) is 2.93. The third kappa shape index (κ3) is 2.58. The summed E-state index contributed by atoms with van der Waals surface area (Å²) in [4.78, 5) is 0. The lowest BCUT2D eigenvalue weighted by atomic mass is 9.98. The van der Waals surface area contributed by atoms with E-state index >= 15 is 0 Å². The fraction of sp³-hybridized carbons (Fsp3) is 0.143. The molecule has 6 heteroatoms. The first-order valence-corrected chi connectivity index (χ1v) is 6.39. The van der Waals surface area contributed by atoms with E-state index in [9.17, 15) is 22.7 Å². The Morgan fingerprint density at radius 3 is 2.30 bits per heavy atom. The summed E-state index contributed by atoms with van der Waals surface area (Å²) in [5.41, 5.74) is -1.01. The van der Waals surface area contributed by atoms with Crippen LogP contribution < -0.4 is 0 Å². The molecule has 2 aromatic carbocycles. The summed E-state index contributed by atoms with van der Waals surface area (Å²) < 4.78 is 54.3. The summed E-state index contributed by atoms with van der Waals surface area (Å²) in [5, 5.41) is 10.0. The van der Waals surface area contributed by atoms with Gasteiger partial charge in [0.1, 0.15) is 29.4 Å². The molecule has 0 spiro atoms. The largest absolute Gasteiger partial charge is 0.383 e. The molecule has 20 heavy (non-hydrogen) atoms. The fourth-order valence-corrected chi connectivity index (χ4v) is 2.18. The van der Waals surface area contributed by atoms with E-state index in [0.717, 1.165) is 18.2 Å². The van der Waals surface area contributed by atoms with Crippen LogP contribution >= 0.6 is 15.9 Å². The van der Waals surface area contributed by atoms with Gasteiger partial charge in [-0.25, -0.2) is 17.6 Å². The molecule has 0 saturated heterocycles. The van der Waals surface area contributed by atoms with Gasteiger partial charge in [-0.1, -0.05) is 0 Å². The Morgan fingerprint density at radius 1 is 1.00 bits per heavy atom. The lowest BCUT2D eigenvalue weighted by molar-refractivity contribution is 0.203. The van der Waals surface area contributed by atoms with Gasteiger partial charge in [0.15, 0.2) is 0 Å². The van der Waals surface area contributed by atoms with Gasteiger partial charge in [-0.15, -0.1) is 0 Å². The highest BCUT2D eigenvalue weighted by atomic mass is 79.9. The molecule has 0 aliphatic carbocycles. The van der Waals surface area contributed by atoms with E-state index in [1.54, 1.807) is 0 Å². The van der Waals surface area contributed by atoms with Gasteiger partial charge in [-0.05, 0) is 46.6 Å². The van der Waals surface area contributed by atoms with Crippen molar-refractivity contribution in [2.75, 3.05) is 0 Å². The Hall–Kier alpha value is -1.40. The zero-order valence-electron chi connectivity index (χ0n) is 10.2. The monoisotopic (exact) mass is 348 g/mol. The summed E-state index contributed by atoms with van der Waals surface area (Å²) in [7, 11) is 0. The first kappa shape index (κ1) is 15.0. The first-order valence-electron chi connectivity index (χ1n) is 5.60. The number of benzene rings is 2. The van der Waals surface area contributed by atoms with E-state index < -0.39 is 34.9 Å². The van der Waals surface area contributed by atoms with E-state index in [-0.39, 0.29) is 15.6 Å². The van der Waals surface area contributed by atoms with Gasteiger partial charge < -0.3 is 5.11 Å². The average molecular weight is 349 g/mol. The number of hydrogen-bond acceptors (Lipinski definition) is 1. The van der Waals surface area contributed by atoms with E-state index in [4.69, 9.17) is 0 Å². The van der Waals surface area contributed by atoms with Crippen LogP contribution in [0.25, 0.3) is 0 Å². The molecule has 2 aromatic rings. The number of aliphatic hydroxyl groups excluding tert-OH is 1. The Bertz CT molecular complexity index is 673. The van der Waals surface area contributed by atoms with Crippen molar-refractivity contribution >= 4 is 15.9 Å². The first-order chi connectivity index (χ1) is 9.32. The lowest BCUT2D eigenvalue weighted by Gasteiger charge is -2.15. The summed E-state index contributed by atoms with van der Waals surface area (Å²) in [6.45, 7) is 1.36. The fourth-order valence-electron chi connectivity index (χ4n) is 1.84. The molecule has 0 bridgehead atoms. The molecule has 1 nitrogen and oxygen atoms in total. The second-order valence-corrected chi connectivity index (χ2v) is 5.14. The molecule has 2 rings (SSSR count). The van der Waals surface area contributed by atoms with Crippen LogP contribution in [0.4, 0.5) is 17.6 Å². The van der Waals surface area contributed by atoms with Crippen LogP contribution in [0, 0.1) is 30.2 Å². The highest BCUT2D eigenvalue weighted by Crippen LogP contribution is 2.32. The van der Waals surface area contributed by atoms with Crippen LogP contribution in [0.5, 0.6) is 0 Å². The van der Waals surface area contributed by atoms with E-state index in [1.165, 1.54) is 6.92 Å². The molecule has 1 unspecified atom stereocenters. The SMILES string of the molecule is Cc1cc(C(O)c2c(F)ccc(Br)c2F)c(F)cc1F. The molecule has 0 amide bonds. The summed E-state index contributed by atoms with van der Waals surface area (Å²) in [6, 6.07) is 3.67. The molecule has 106 valence electrons. The number of rotatable bonds is 2. The molecule has 1 atom stereocenters. The topological polar surface area (TPSA) is 20.2 Å². The Balaban J connectivity index is 2.60. The van der Waals surface area contributed by atoms with E-state index in [0.29, 0.717) is 6.07 Å². The number of hydrogen-bond donors (Lipinski definition) is 1. The van der Waals surface area contributed by atoms with Crippen molar-refractivity contribution in [1.82, 2.24) is 0 Å². The quantitative estimate of drug-likeness (QED) is 0.630. The third-order valence-corrected chi connectivity index (χ3v) is 3.54. The van der Waals surface area contributed by atoms with Gasteiger partial charge in [0.05, 0.1) is 10.0 Å². The molecule has 0 aliphatic heterocycles. The van der Waals surface area contributed by atoms with Gasteiger partial charge in [0.25, 0.3) is 0 Å². The van der Waals surface area contributed by atoms with Gasteiger partial charge >= 0.3 is 0 Å². The van der Waals surface area contributed by atoms with Gasteiger partial charge in [0, 0.05) is 11.6 Å². The van der Waals surface area contributed by atoms with Crippen molar-refractivity contribution in [3.63, 3.8) is 0 Å². The van der Waals surface area contributed by atoms with Crippen LogP contribution in [0.15, 0.2) is 28.7 Å². The molecule has 0 aromatic heterocycles. The second kappa shape index (κ2) is 5.54. The standard InChI is InChI=1S/C14H9BrF4O/c1-6-4-7(11(18)5-10(6)17)14(20)12-9(16)3-2-8(15)13(12)19/h2-5,14,20H,1H3. The predicted octanol–water partition coefficient (Wildman–Crippen LogP) is 4.40. The summed E-state index contributed by atoms with van der Waals surface area (Å²) in [6.07, 6.45) is -1.87. The molecule has 0 heterocycles. The lowest BCUT2D eigenvalue weighted by Crippen LogP contribution is -2.09.